The third-order valence-electron chi connectivity index (χ3n) is 4.06. The van der Waals surface area contributed by atoms with Crippen molar-refractivity contribution >= 4 is 29.0 Å². The Morgan fingerprint density at radius 2 is 1.71 bits per heavy atom. The van der Waals surface area contributed by atoms with Crippen LogP contribution in [0, 0.1) is 6.92 Å². The average Bonchev–Trinajstić information content (AvgIpc) is 3.04. The summed E-state index contributed by atoms with van der Waals surface area (Å²) in [4.78, 5) is 36.8. The first-order valence-corrected chi connectivity index (χ1v) is 8.75. The van der Waals surface area contributed by atoms with Crippen LogP contribution in [0.25, 0.3) is 0 Å². The van der Waals surface area contributed by atoms with Gasteiger partial charge in [0, 0.05) is 11.4 Å². The van der Waals surface area contributed by atoms with E-state index in [0.29, 0.717) is 11.4 Å². The zero-order chi connectivity index (χ0) is 20.1. The lowest BCUT2D eigenvalue weighted by Crippen LogP contribution is -2.31. The van der Waals surface area contributed by atoms with Gasteiger partial charge >= 0.3 is 5.97 Å². The SMILES string of the molecule is Cc1ccc(NC(=O)[C@@H](C)OC(=O)C2=C(Nc3ccccc3)OCC2=O)cc1. The van der Waals surface area contributed by atoms with Crippen LogP contribution in [0.2, 0.25) is 0 Å². The Kier molecular flexibility index (Phi) is 5.74. The number of aryl methyl sites for hydroxylation is 1. The molecule has 7 nitrogen and oxygen atoms in total. The summed E-state index contributed by atoms with van der Waals surface area (Å²) >= 11 is 0. The fourth-order valence-corrected chi connectivity index (χ4v) is 2.52. The highest BCUT2D eigenvalue weighted by atomic mass is 16.6. The van der Waals surface area contributed by atoms with Crippen LogP contribution < -0.4 is 10.6 Å². The number of nitrogens with one attached hydrogen (secondary N) is 2. The Labute approximate surface area is 162 Å². The second-order valence-electron chi connectivity index (χ2n) is 6.31. The summed E-state index contributed by atoms with van der Waals surface area (Å²) in [7, 11) is 0. The molecule has 144 valence electrons. The molecule has 1 amide bonds. The Morgan fingerprint density at radius 1 is 1.04 bits per heavy atom. The summed E-state index contributed by atoms with van der Waals surface area (Å²) in [5, 5.41) is 5.55. The second-order valence-corrected chi connectivity index (χ2v) is 6.31. The van der Waals surface area contributed by atoms with Crippen molar-refractivity contribution in [2.24, 2.45) is 0 Å². The molecule has 7 heteroatoms. The van der Waals surface area contributed by atoms with Gasteiger partial charge in [-0.1, -0.05) is 35.9 Å². The van der Waals surface area contributed by atoms with Crippen LogP contribution in [0.1, 0.15) is 12.5 Å². The van der Waals surface area contributed by atoms with Crippen molar-refractivity contribution < 1.29 is 23.9 Å². The van der Waals surface area contributed by atoms with Gasteiger partial charge in [-0.3, -0.25) is 9.59 Å². The molecule has 0 radical (unpaired) electrons. The van der Waals surface area contributed by atoms with Gasteiger partial charge in [-0.15, -0.1) is 0 Å². The Balaban J connectivity index is 1.67. The normalized spacial score (nSPS) is 14.3. The predicted octanol–water partition coefficient (Wildman–Crippen LogP) is 2.79. The predicted molar refractivity (Wildman–Crippen MR) is 103 cm³/mol. The molecule has 1 aliphatic rings. The topological polar surface area (TPSA) is 93.7 Å². The van der Waals surface area contributed by atoms with Crippen molar-refractivity contribution in [2.45, 2.75) is 20.0 Å². The van der Waals surface area contributed by atoms with E-state index in [1.54, 1.807) is 36.4 Å². The fraction of sp³-hybridized carbons (Fsp3) is 0.190. The van der Waals surface area contributed by atoms with E-state index < -0.39 is 23.8 Å². The molecule has 0 aromatic heterocycles. The second kappa shape index (κ2) is 8.39. The summed E-state index contributed by atoms with van der Waals surface area (Å²) in [6.45, 7) is 3.11. The molecule has 1 heterocycles. The Morgan fingerprint density at radius 3 is 2.39 bits per heavy atom. The molecule has 3 rings (SSSR count). The highest BCUT2D eigenvalue weighted by molar-refractivity contribution is 6.20. The Bertz CT molecular complexity index is 920. The summed E-state index contributed by atoms with van der Waals surface area (Å²) in [6, 6.07) is 16.2. The van der Waals surface area contributed by atoms with Crippen molar-refractivity contribution in [2.75, 3.05) is 17.2 Å². The van der Waals surface area contributed by atoms with Crippen LogP contribution in [-0.4, -0.2) is 30.4 Å². The van der Waals surface area contributed by atoms with E-state index in [-0.39, 0.29) is 18.1 Å². The van der Waals surface area contributed by atoms with E-state index in [9.17, 15) is 14.4 Å². The number of para-hydroxylation sites is 1. The van der Waals surface area contributed by atoms with Gasteiger partial charge in [0.2, 0.25) is 11.7 Å². The zero-order valence-corrected chi connectivity index (χ0v) is 15.5. The molecule has 0 spiro atoms. The summed E-state index contributed by atoms with van der Waals surface area (Å²) < 4.78 is 10.5. The molecule has 0 saturated heterocycles. The molecule has 2 aromatic rings. The minimum absolute atomic E-state index is 0.0207. The first kappa shape index (κ1) is 19.2. The molecule has 2 aromatic carbocycles. The standard InChI is InChI=1S/C21H20N2O5/c1-13-8-10-16(11-9-13)22-19(25)14(2)28-21(26)18-17(24)12-27-20(18)23-15-6-4-3-5-7-15/h3-11,14,23H,12H2,1-2H3,(H,22,25)/t14-/m1/s1. The first-order chi connectivity index (χ1) is 13.4. The average molecular weight is 380 g/mol. The lowest BCUT2D eigenvalue weighted by Gasteiger charge is -2.14. The molecule has 1 aliphatic heterocycles. The van der Waals surface area contributed by atoms with Gasteiger partial charge in [0.1, 0.15) is 0 Å². The van der Waals surface area contributed by atoms with Gasteiger partial charge in [0.15, 0.2) is 18.3 Å². The van der Waals surface area contributed by atoms with Crippen LogP contribution in [0.5, 0.6) is 0 Å². The number of anilines is 2. The lowest BCUT2D eigenvalue weighted by molar-refractivity contribution is -0.150. The molecule has 0 bridgehead atoms. The van der Waals surface area contributed by atoms with E-state index in [2.05, 4.69) is 10.6 Å². The Hall–Kier alpha value is -3.61. The van der Waals surface area contributed by atoms with Crippen LogP contribution >= 0.6 is 0 Å². The molecule has 2 N–H and O–H groups in total. The van der Waals surface area contributed by atoms with E-state index in [4.69, 9.17) is 9.47 Å². The van der Waals surface area contributed by atoms with Gasteiger partial charge in [0.05, 0.1) is 0 Å². The van der Waals surface area contributed by atoms with Crippen molar-refractivity contribution in [3.63, 3.8) is 0 Å². The number of rotatable bonds is 6. The number of amides is 1. The molecule has 0 unspecified atom stereocenters. The van der Waals surface area contributed by atoms with Crippen molar-refractivity contribution in [3.8, 4) is 0 Å². The third-order valence-corrected chi connectivity index (χ3v) is 4.06. The van der Waals surface area contributed by atoms with Gasteiger partial charge in [-0.25, -0.2) is 4.79 Å². The van der Waals surface area contributed by atoms with Crippen molar-refractivity contribution in [1.29, 1.82) is 0 Å². The van der Waals surface area contributed by atoms with Gasteiger partial charge in [0.25, 0.3) is 5.91 Å². The molecular formula is C21H20N2O5. The van der Waals surface area contributed by atoms with E-state index in [0.717, 1.165) is 5.56 Å². The number of Topliss-reactive ketones (excluding diaryl/α,β-unsaturated/α-hetero) is 1. The van der Waals surface area contributed by atoms with Crippen molar-refractivity contribution in [3.05, 3.63) is 71.6 Å². The fourth-order valence-electron chi connectivity index (χ4n) is 2.52. The summed E-state index contributed by atoms with van der Waals surface area (Å²) in [6.07, 6.45) is -1.09. The summed E-state index contributed by atoms with van der Waals surface area (Å²) in [5.74, 6) is -1.89. The number of ketones is 1. The van der Waals surface area contributed by atoms with E-state index in [1.165, 1.54) is 6.92 Å². The van der Waals surface area contributed by atoms with Crippen molar-refractivity contribution in [1.82, 2.24) is 0 Å². The maximum absolute atomic E-state index is 12.5. The number of carbonyl (C=O) groups excluding carboxylic acids is 3. The van der Waals surface area contributed by atoms with Gasteiger partial charge in [-0.2, -0.15) is 0 Å². The van der Waals surface area contributed by atoms with Crippen LogP contribution in [0.4, 0.5) is 11.4 Å². The quantitative estimate of drug-likeness (QED) is 0.591. The number of benzene rings is 2. The molecule has 0 aliphatic carbocycles. The van der Waals surface area contributed by atoms with Crippen LogP contribution in [-0.2, 0) is 23.9 Å². The van der Waals surface area contributed by atoms with E-state index >= 15 is 0 Å². The largest absolute Gasteiger partial charge is 0.470 e. The summed E-state index contributed by atoms with van der Waals surface area (Å²) in [5.41, 5.74) is 2.06. The number of ether oxygens (including phenoxy) is 2. The number of hydrogen-bond donors (Lipinski definition) is 2. The monoisotopic (exact) mass is 380 g/mol. The molecule has 1 atom stereocenters. The number of carbonyl (C=O) groups is 3. The van der Waals surface area contributed by atoms with Gasteiger partial charge < -0.3 is 20.1 Å². The highest BCUT2D eigenvalue weighted by Gasteiger charge is 2.34. The van der Waals surface area contributed by atoms with Crippen LogP contribution in [0.3, 0.4) is 0 Å². The molecular weight excluding hydrogens is 360 g/mol. The maximum atomic E-state index is 12.5. The molecule has 0 fully saturated rings. The number of hydrogen-bond acceptors (Lipinski definition) is 6. The third kappa shape index (κ3) is 4.56. The minimum Gasteiger partial charge on any atom is -0.470 e. The first-order valence-electron chi connectivity index (χ1n) is 8.75. The highest BCUT2D eigenvalue weighted by Crippen LogP contribution is 2.21. The molecule has 0 saturated carbocycles. The van der Waals surface area contributed by atoms with Crippen LogP contribution in [0.15, 0.2) is 66.1 Å². The zero-order valence-electron chi connectivity index (χ0n) is 15.5. The minimum atomic E-state index is -1.09. The number of esters is 1. The smallest absolute Gasteiger partial charge is 0.348 e. The lowest BCUT2D eigenvalue weighted by atomic mass is 10.2. The maximum Gasteiger partial charge on any atom is 0.348 e. The molecule has 28 heavy (non-hydrogen) atoms. The van der Waals surface area contributed by atoms with Gasteiger partial charge in [-0.05, 0) is 38.1 Å². The van der Waals surface area contributed by atoms with E-state index in [1.807, 2.05) is 25.1 Å².